The molecule has 1 heterocycles. The summed E-state index contributed by atoms with van der Waals surface area (Å²) in [6, 6.07) is 6.23. The predicted molar refractivity (Wildman–Crippen MR) is 74.4 cm³/mol. The van der Waals surface area contributed by atoms with Gasteiger partial charge < -0.3 is 11.1 Å². The number of nitrogen functional groups attached to an aromatic ring is 1. The monoisotopic (exact) mass is 242 g/mol. The van der Waals surface area contributed by atoms with E-state index in [1.807, 2.05) is 18.2 Å². The molecule has 4 heteroatoms. The summed E-state index contributed by atoms with van der Waals surface area (Å²) in [4.78, 5) is 8.61. The normalized spacial score (nSPS) is 17.4. The molecule has 1 aromatic carbocycles. The van der Waals surface area contributed by atoms with Gasteiger partial charge in [-0.3, -0.25) is 0 Å². The van der Waals surface area contributed by atoms with Crippen molar-refractivity contribution >= 4 is 22.4 Å². The van der Waals surface area contributed by atoms with Crippen LogP contribution < -0.4 is 11.1 Å². The van der Waals surface area contributed by atoms with Gasteiger partial charge in [-0.05, 0) is 43.9 Å². The molecular formula is C14H18N4. The van der Waals surface area contributed by atoms with E-state index in [1.54, 1.807) is 6.33 Å². The number of nitrogens with zero attached hydrogens (tertiary/aromatic N) is 2. The largest absolute Gasteiger partial charge is 0.399 e. The van der Waals surface area contributed by atoms with Gasteiger partial charge in [-0.2, -0.15) is 0 Å². The van der Waals surface area contributed by atoms with E-state index in [1.165, 1.54) is 19.3 Å². The fraction of sp³-hybridized carbons (Fsp3) is 0.429. The summed E-state index contributed by atoms with van der Waals surface area (Å²) in [5.41, 5.74) is 7.41. The van der Waals surface area contributed by atoms with Crippen LogP contribution in [0.15, 0.2) is 24.5 Å². The van der Waals surface area contributed by atoms with Crippen LogP contribution in [0.4, 0.5) is 11.5 Å². The van der Waals surface area contributed by atoms with Crippen LogP contribution in [0.25, 0.3) is 10.9 Å². The van der Waals surface area contributed by atoms with Gasteiger partial charge in [-0.1, -0.05) is 6.42 Å². The Morgan fingerprint density at radius 2 is 2.17 bits per heavy atom. The number of hydrogen-bond donors (Lipinski definition) is 2. The summed E-state index contributed by atoms with van der Waals surface area (Å²) in [7, 11) is 0. The van der Waals surface area contributed by atoms with Crippen LogP contribution >= 0.6 is 0 Å². The molecule has 0 spiro atoms. The average molecular weight is 242 g/mol. The van der Waals surface area contributed by atoms with Crippen molar-refractivity contribution in [3.8, 4) is 0 Å². The molecule has 4 nitrogen and oxygen atoms in total. The SMILES string of the molecule is CC(Nc1ncnc2cc(N)ccc12)C1CCC1. The Morgan fingerprint density at radius 3 is 2.89 bits per heavy atom. The molecule has 2 aromatic rings. The van der Waals surface area contributed by atoms with Crippen LogP contribution in [0, 0.1) is 5.92 Å². The third-order valence-corrected chi connectivity index (χ3v) is 3.88. The molecular weight excluding hydrogens is 224 g/mol. The van der Waals surface area contributed by atoms with Gasteiger partial charge in [0.2, 0.25) is 0 Å². The van der Waals surface area contributed by atoms with Gasteiger partial charge in [-0.15, -0.1) is 0 Å². The summed E-state index contributed by atoms with van der Waals surface area (Å²) in [6.45, 7) is 2.23. The van der Waals surface area contributed by atoms with E-state index < -0.39 is 0 Å². The lowest BCUT2D eigenvalue weighted by atomic mass is 9.80. The highest BCUT2D eigenvalue weighted by Gasteiger charge is 2.24. The van der Waals surface area contributed by atoms with Crippen LogP contribution in [0.1, 0.15) is 26.2 Å². The molecule has 0 bridgehead atoms. The van der Waals surface area contributed by atoms with E-state index in [2.05, 4.69) is 22.2 Å². The van der Waals surface area contributed by atoms with Gasteiger partial charge in [0.15, 0.2) is 0 Å². The van der Waals surface area contributed by atoms with Crippen LogP contribution in [-0.4, -0.2) is 16.0 Å². The van der Waals surface area contributed by atoms with Crippen molar-refractivity contribution in [1.82, 2.24) is 9.97 Å². The van der Waals surface area contributed by atoms with Crippen molar-refractivity contribution in [3.63, 3.8) is 0 Å². The van der Waals surface area contributed by atoms with E-state index in [9.17, 15) is 0 Å². The third-order valence-electron chi connectivity index (χ3n) is 3.88. The highest BCUT2D eigenvalue weighted by Crippen LogP contribution is 2.31. The first-order valence-electron chi connectivity index (χ1n) is 6.51. The lowest BCUT2D eigenvalue weighted by Gasteiger charge is -2.32. The summed E-state index contributed by atoms with van der Waals surface area (Å²) < 4.78 is 0. The Balaban J connectivity index is 1.91. The Hall–Kier alpha value is -1.84. The van der Waals surface area contributed by atoms with Gasteiger partial charge >= 0.3 is 0 Å². The Bertz CT molecular complexity index is 563. The van der Waals surface area contributed by atoms with Crippen molar-refractivity contribution in [2.75, 3.05) is 11.1 Å². The topological polar surface area (TPSA) is 63.8 Å². The second-order valence-electron chi connectivity index (χ2n) is 5.12. The first-order chi connectivity index (χ1) is 8.74. The fourth-order valence-electron chi connectivity index (χ4n) is 2.46. The van der Waals surface area contributed by atoms with Crippen LogP contribution in [0.5, 0.6) is 0 Å². The highest BCUT2D eigenvalue weighted by molar-refractivity contribution is 5.90. The van der Waals surface area contributed by atoms with E-state index in [4.69, 9.17) is 5.73 Å². The molecule has 18 heavy (non-hydrogen) atoms. The maximum absolute atomic E-state index is 5.77. The zero-order valence-corrected chi connectivity index (χ0v) is 10.6. The maximum Gasteiger partial charge on any atom is 0.137 e. The van der Waals surface area contributed by atoms with Gasteiger partial charge in [0.25, 0.3) is 0 Å². The van der Waals surface area contributed by atoms with E-state index in [0.29, 0.717) is 6.04 Å². The van der Waals surface area contributed by atoms with Crippen molar-refractivity contribution in [3.05, 3.63) is 24.5 Å². The minimum Gasteiger partial charge on any atom is -0.399 e. The van der Waals surface area contributed by atoms with Crippen molar-refractivity contribution in [2.24, 2.45) is 5.92 Å². The van der Waals surface area contributed by atoms with Crippen LogP contribution in [0.3, 0.4) is 0 Å². The van der Waals surface area contributed by atoms with Gasteiger partial charge in [0.05, 0.1) is 5.52 Å². The molecule has 0 radical (unpaired) electrons. The number of rotatable bonds is 3. The smallest absolute Gasteiger partial charge is 0.137 e. The van der Waals surface area contributed by atoms with E-state index >= 15 is 0 Å². The number of nitrogens with one attached hydrogen (secondary N) is 1. The second kappa shape index (κ2) is 4.44. The Morgan fingerprint density at radius 1 is 1.33 bits per heavy atom. The highest BCUT2D eigenvalue weighted by atomic mass is 15.0. The summed E-state index contributed by atoms with van der Waals surface area (Å²) >= 11 is 0. The molecule has 0 saturated heterocycles. The number of hydrogen-bond acceptors (Lipinski definition) is 4. The number of benzene rings is 1. The van der Waals surface area contributed by atoms with Crippen molar-refractivity contribution in [2.45, 2.75) is 32.2 Å². The van der Waals surface area contributed by atoms with Crippen molar-refractivity contribution < 1.29 is 0 Å². The zero-order chi connectivity index (χ0) is 12.5. The second-order valence-corrected chi connectivity index (χ2v) is 5.12. The zero-order valence-electron chi connectivity index (χ0n) is 10.6. The van der Waals surface area contributed by atoms with E-state index in [-0.39, 0.29) is 0 Å². The molecule has 1 fully saturated rings. The molecule has 0 amide bonds. The molecule has 3 N–H and O–H groups in total. The number of anilines is 2. The number of aromatic nitrogens is 2. The average Bonchev–Trinajstić information content (AvgIpc) is 2.26. The van der Waals surface area contributed by atoms with E-state index in [0.717, 1.165) is 28.3 Å². The summed E-state index contributed by atoms with van der Waals surface area (Å²) in [5.74, 6) is 1.70. The lowest BCUT2D eigenvalue weighted by Crippen LogP contribution is -2.31. The summed E-state index contributed by atoms with van der Waals surface area (Å²) in [5, 5.41) is 4.55. The molecule has 1 atom stereocenters. The molecule has 1 unspecified atom stereocenters. The van der Waals surface area contributed by atoms with Crippen LogP contribution in [-0.2, 0) is 0 Å². The standard InChI is InChI=1S/C14H18N4/c1-9(10-3-2-4-10)18-14-12-6-5-11(15)7-13(12)16-8-17-14/h5-10H,2-4,15H2,1H3,(H,16,17,18). The Kier molecular flexibility index (Phi) is 2.78. The number of nitrogens with two attached hydrogens (primary N) is 1. The molecule has 1 aliphatic rings. The van der Waals surface area contributed by atoms with Gasteiger partial charge in [0.1, 0.15) is 12.1 Å². The molecule has 1 aliphatic carbocycles. The maximum atomic E-state index is 5.77. The van der Waals surface area contributed by atoms with Gasteiger partial charge in [-0.25, -0.2) is 9.97 Å². The van der Waals surface area contributed by atoms with Crippen LogP contribution in [0.2, 0.25) is 0 Å². The Labute approximate surface area is 107 Å². The first kappa shape index (κ1) is 11.3. The summed E-state index contributed by atoms with van der Waals surface area (Å²) in [6.07, 6.45) is 5.60. The predicted octanol–water partition coefficient (Wildman–Crippen LogP) is 2.81. The molecule has 3 rings (SSSR count). The lowest BCUT2D eigenvalue weighted by molar-refractivity contribution is 0.285. The van der Waals surface area contributed by atoms with Crippen molar-refractivity contribution in [1.29, 1.82) is 0 Å². The number of fused-ring (bicyclic) bond motifs is 1. The van der Waals surface area contributed by atoms with Gasteiger partial charge in [0, 0.05) is 17.1 Å². The minimum absolute atomic E-state index is 0.467. The quantitative estimate of drug-likeness (QED) is 0.812. The fourth-order valence-corrected chi connectivity index (χ4v) is 2.46. The molecule has 1 saturated carbocycles. The first-order valence-corrected chi connectivity index (χ1v) is 6.51. The third kappa shape index (κ3) is 1.98. The minimum atomic E-state index is 0.467. The molecule has 94 valence electrons. The molecule has 1 aromatic heterocycles. The molecule has 0 aliphatic heterocycles.